The molecule has 0 radical (unpaired) electrons. The average molecular weight is 599 g/mol. The molecule has 0 amide bonds. The monoisotopic (exact) mass is 598 g/mol. The Balaban J connectivity index is 0.000000132. The largest absolute Gasteiger partial charge is 0.507 e. The zero-order chi connectivity index (χ0) is 31.6. The molecule has 8 aromatic rings. The Labute approximate surface area is 267 Å². The van der Waals surface area contributed by atoms with Crippen molar-refractivity contribution in [1.82, 2.24) is 19.9 Å². The maximum atomic E-state index is 10.4. The van der Waals surface area contributed by atoms with E-state index in [0.29, 0.717) is 11.1 Å². The van der Waals surface area contributed by atoms with E-state index in [1.807, 2.05) is 109 Å². The first-order valence-electron chi connectivity index (χ1n) is 14.7. The van der Waals surface area contributed by atoms with Crippen LogP contribution in [0.3, 0.4) is 0 Å². The van der Waals surface area contributed by atoms with Crippen LogP contribution in [0.2, 0.25) is 0 Å². The van der Waals surface area contributed by atoms with Crippen LogP contribution in [0.4, 0.5) is 0 Å². The van der Waals surface area contributed by atoms with Gasteiger partial charge in [-0.25, -0.2) is 0 Å². The van der Waals surface area contributed by atoms with Crippen LogP contribution in [-0.4, -0.2) is 30.1 Å². The first kappa shape index (κ1) is 29.7. The van der Waals surface area contributed by atoms with Crippen LogP contribution in [0, 0.1) is 0 Å². The van der Waals surface area contributed by atoms with E-state index in [0.717, 1.165) is 21.5 Å². The molecule has 222 valence electrons. The second-order valence-corrected chi connectivity index (χ2v) is 10.3. The Kier molecular flexibility index (Phi) is 9.27. The van der Waals surface area contributed by atoms with Crippen molar-refractivity contribution in [3.8, 4) is 44.9 Å². The molecule has 4 aromatic heterocycles. The molecule has 6 heteroatoms. The zero-order valence-corrected chi connectivity index (χ0v) is 24.8. The Hall–Kier alpha value is -6.40. The van der Waals surface area contributed by atoms with Gasteiger partial charge < -0.3 is 10.2 Å². The van der Waals surface area contributed by atoms with Gasteiger partial charge in [0, 0.05) is 60.7 Å². The molecule has 0 unspecified atom stereocenters. The molecule has 6 nitrogen and oxygen atoms in total. The first-order chi connectivity index (χ1) is 22.7. The molecule has 4 heterocycles. The van der Waals surface area contributed by atoms with Crippen molar-refractivity contribution < 1.29 is 10.2 Å². The van der Waals surface area contributed by atoms with E-state index in [-0.39, 0.29) is 11.5 Å². The highest BCUT2D eigenvalue weighted by Gasteiger charge is 2.16. The Morgan fingerprint density at radius 3 is 0.891 bits per heavy atom. The summed E-state index contributed by atoms with van der Waals surface area (Å²) in [5, 5.41) is 24.8. The summed E-state index contributed by atoms with van der Waals surface area (Å²) >= 11 is 0. The third-order valence-electron chi connectivity index (χ3n) is 7.45. The van der Waals surface area contributed by atoms with E-state index >= 15 is 0 Å². The number of aromatic nitrogens is 4. The van der Waals surface area contributed by atoms with Crippen molar-refractivity contribution >= 4 is 21.5 Å². The molecular weight excluding hydrogens is 568 g/mol. The van der Waals surface area contributed by atoms with Gasteiger partial charge in [0.05, 0.1) is 0 Å². The van der Waals surface area contributed by atoms with Gasteiger partial charge in [-0.3, -0.25) is 19.9 Å². The number of fused-ring (bicyclic) bond motifs is 2. The lowest BCUT2D eigenvalue weighted by Crippen LogP contribution is -1.86. The molecule has 0 atom stereocenters. The summed E-state index contributed by atoms with van der Waals surface area (Å²) < 4.78 is 0. The van der Waals surface area contributed by atoms with Crippen LogP contribution in [0.15, 0.2) is 171 Å². The number of phenols is 2. The quantitative estimate of drug-likeness (QED) is 0.211. The standard InChI is InChI=1S/C20H14O2.2C10H8N2/c21-17-11-9-13-5-1-3-7-15(13)19(17)20-16-8-4-2-6-14(16)10-12-18(20)22;2*1-5-11-6-2-9(1)10-3-7-12-8-4-10/h1-12,21-22H;2*1-8H. The lowest BCUT2D eigenvalue weighted by atomic mass is 9.92. The molecule has 0 saturated heterocycles. The van der Waals surface area contributed by atoms with Crippen LogP contribution in [0.25, 0.3) is 54.9 Å². The average Bonchev–Trinajstić information content (AvgIpc) is 3.14. The lowest BCUT2D eigenvalue weighted by Gasteiger charge is -2.14. The van der Waals surface area contributed by atoms with Gasteiger partial charge in [0.15, 0.2) is 0 Å². The molecule has 0 aliphatic carbocycles. The number of aromatic hydroxyl groups is 2. The highest BCUT2D eigenvalue weighted by Crippen LogP contribution is 2.44. The molecular formula is C40H30N4O2. The van der Waals surface area contributed by atoms with Crippen LogP contribution in [0.1, 0.15) is 0 Å². The second kappa shape index (κ2) is 14.4. The summed E-state index contributed by atoms with van der Waals surface area (Å²) in [6, 6.07) is 38.7. The maximum Gasteiger partial charge on any atom is 0.124 e. The molecule has 0 saturated carbocycles. The van der Waals surface area contributed by atoms with Gasteiger partial charge in [0.2, 0.25) is 0 Å². The highest BCUT2D eigenvalue weighted by molar-refractivity contribution is 6.09. The van der Waals surface area contributed by atoms with Crippen molar-refractivity contribution in [2.24, 2.45) is 0 Å². The van der Waals surface area contributed by atoms with Gasteiger partial charge in [-0.05, 0) is 104 Å². The fourth-order valence-electron chi connectivity index (χ4n) is 5.22. The van der Waals surface area contributed by atoms with Gasteiger partial charge in [-0.1, -0.05) is 60.7 Å². The van der Waals surface area contributed by atoms with Gasteiger partial charge in [0.25, 0.3) is 0 Å². The molecule has 0 bridgehead atoms. The number of nitrogens with zero attached hydrogens (tertiary/aromatic N) is 4. The summed E-state index contributed by atoms with van der Waals surface area (Å²) in [5.74, 6) is 0.343. The Bertz CT molecular complexity index is 1930. The smallest absolute Gasteiger partial charge is 0.124 e. The van der Waals surface area contributed by atoms with Gasteiger partial charge in [-0.15, -0.1) is 0 Å². The second-order valence-electron chi connectivity index (χ2n) is 10.3. The van der Waals surface area contributed by atoms with Crippen molar-refractivity contribution in [3.63, 3.8) is 0 Å². The topological polar surface area (TPSA) is 92.0 Å². The molecule has 0 aliphatic rings. The summed E-state index contributed by atoms with van der Waals surface area (Å²) in [4.78, 5) is 15.8. The van der Waals surface area contributed by atoms with Gasteiger partial charge in [-0.2, -0.15) is 0 Å². The summed E-state index contributed by atoms with van der Waals surface area (Å²) in [7, 11) is 0. The third kappa shape index (κ3) is 6.87. The van der Waals surface area contributed by atoms with E-state index in [4.69, 9.17) is 0 Å². The minimum atomic E-state index is 0.172. The van der Waals surface area contributed by atoms with E-state index in [1.54, 1.807) is 61.7 Å². The third-order valence-corrected chi connectivity index (χ3v) is 7.45. The van der Waals surface area contributed by atoms with Crippen molar-refractivity contribution in [2.75, 3.05) is 0 Å². The molecule has 0 fully saturated rings. The molecule has 8 rings (SSSR count). The van der Waals surface area contributed by atoms with Crippen LogP contribution in [0.5, 0.6) is 11.5 Å². The number of pyridine rings is 4. The van der Waals surface area contributed by atoms with Crippen molar-refractivity contribution in [2.45, 2.75) is 0 Å². The summed E-state index contributed by atoms with van der Waals surface area (Å²) in [6.07, 6.45) is 14.3. The zero-order valence-electron chi connectivity index (χ0n) is 24.8. The number of hydrogen-bond donors (Lipinski definition) is 2. The normalized spacial score (nSPS) is 10.3. The number of rotatable bonds is 3. The van der Waals surface area contributed by atoms with Crippen LogP contribution in [-0.2, 0) is 0 Å². The minimum Gasteiger partial charge on any atom is -0.507 e. The first-order valence-corrected chi connectivity index (χ1v) is 14.7. The van der Waals surface area contributed by atoms with Gasteiger partial charge >= 0.3 is 0 Å². The van der Waals surface area contributed by atoms with Gasteiger partial charge in [0.1, 0.15) is 11.5 Å². The van der Waals surface area contributed by atoms with Crippen LogP contribution < -0.4 is 0 Å². The molecule has 46 heavy (non-hydrogen) atoms. The summed E-state index contributed by atoms with van der Waals surface area (Å²) in [6.45, 7) is 0. The predicted octanol–water partition coefficient (Wildman–Crippen LogP) is 9.36. The van der Waals surface area contributed by atoms with Crippen LogP contribution >= 0.6 is 0 Å². The maximum absolute atomic E-state index is 10.4. The van der Waals surface area contributed by atoms with E-state index in [2.05, 4.69) is 19.9 Å². The SMILES string of the molecule is Oc1ccc2ccccc2c1-c1c(O)ccc2ccccc12.c1cc(-c2ccncc2)ccn1.c1cc(-c2ccncc2)ccn1. The fourth-order valence-corrected chi connectivity index (χ4v) is 5.22. The van der Waals surface area contributed by atoms with E-state index in [1.165, 1.54) is 22.3 Å². The van der Waals surface area contributed by atoms with Crippen molar-refractivity contribution in [3.05, 3.63) is 171 Å². The molecule has 4 aromatic carbocycles. The fraction of sp³-hybridized carbons (Fsp3) is 0. The Morgan fingerprint density at radius 1 is 0.304 bits per heavy atom. The Morgan fingerprint density at radius 2 is 0.587 bits per heavy atom. The number of benzene rings is 4. The number of hydrogen-bond acceptors (Lipinski definition) is 6. The van der Waals surface area contributed by atoms with E-state index < -0.39 is 0 Å². The summed E-state index contributed by atoms with van der Waals surface area (Å²) in [5.41, 5.74) is 6.04. The molecule has 0 aliphatic heterocycles. The molecule has 0 spiro atoms. The molecule has 2 N–H and O–H groups in total. The highest BCUT2D eigenvalue weighted by atomic mass is 16.3. The lowest BCUT2D eigenvalue weighted by molar-refractivity contribution is 0.470. The van der Waals surface area contributed by atoms with E-state index in [9.17, 15) is 10.2 Å². The predicted molar refractivity (Wildman–Crippen MR) is 185 cm³/mol. The van der Waals surface area contributed by atoms with Crippen molar-refractivity contribution in [1.29, 1.82) is 0 Å². The minimum absolute atomic E-state index is 0.172. The number of phenolic OH excluding ortho intramolecular Hbond substituents is 2.